The SMILES string of the molecule is COCc1ncc2c(n1)CCN(c1cc(C)nc(-c3cccs3)n1)C2. The molecular weight excluding hydrogens is 334 g/mol. The van der Waals surface area contributed by atoms with Crippen LogP contribution in [0.2, 0.25) is 0 Å². The Morgan fingerprint density at radius 3 is 3.00 bits per heavy atom. The van der Waals surface area contributed by atoms with Crippen LogP contribution in [0.15, 0.2) is 29.8 Å². The molecule has 0 N–H and O–H groups in total. The van der Waals surface area contributed by atoms with Gasteiger partial charge >= 0.3 is 0 Å². The van der Waals surface area contributed by atoms with Gasteiger partial charge in [0.1, 0.15) is 12.4 Å². The van der Waals surface area contributed by atoms with E-state index in [0.717, 1.165) is 58.8 Å². The normalized spacial score (nSPS) is 13.8. The molecule has 0 atom stereocenters. The third-order valence-electron chi connectivity index (χ3n) is 4.16. The van der Waals surface area contributed by atoms with Crippen LogP contribution in [-0.4, -0.2) is 33.6 Å². The molecule has 0 saturated heterocycles. The monoisotopic (exact) mass is 353 g/mol. The molecule has 0 aliphatic carbocycles. The van der Waals surface area contributed by atoms with Gasteiger partial charge in [0.15, 0.2) is 11.6 Å². The van der Waals surface area contributed by atoms with Crippen molar-refractivity contribution < 1.29 is 4.74 Å². The van der Waals surface area contributed by atoms with E-state index in [1.54, 1.807) is 18.4 Å². The van der Waals surface area contributed by atoms with Crippen LogP contribution in [-0.2, 0) is 24.3 Å². The lowest BCUT2D eigenvalue weighted by Gasteiger charge is -2.29. The van der Waals surface area contributed by atoms with Crippen molar-refractivity contribution >= 4 is 17.2 Å². The highest BCUT2D eigenvalue weighted by Gasteiger charge is 2.20. The fraction of sp³-hybridized carbons (Fsp3) is 0.333. The number of methoxy groups -OCH3 is 1. The molecule has 6 nitrogen and oxygen atoms in total. The maximum Gasteiger partial charge on any atom is 0.171 e. The molecule has 4 heterocycles. The number of aryl methyl sites for hydroxylation is 1. The van der Waals surface area contributed by atoms with E-state index in [1.807, 2.05) is 30.6 Å². The Kier molecular flexibility index (Phi) is 4.42. The van der Waals surface area contributed by atoms with Crippen LogP contribution in [0.3, 0.4) is 0 Å². The van der Waals surface area contributed by atoms with Crippen molar-refractivity contribution in [3.63, 3.8) is 0 Å². The highest BCUT2D eigenvalue weighted by atomic mass is 32.1. The van der Waals surface area contributed by atoms with Gasteiger partial charge in [-0.2, -0.15) is 0 Å². The van der Waals surface area contributed by atoms with Crippen molar-refractivity contribution in [3.8, 4) is 10.7 Å². The summed E-state index contributed by atoms with van der Waals surface area (Å²) in [7, 11) is 1.66. The molecule has 0 radical (unpaired) electrons. The highest BCUT2D eigenvalue weighted by molar-refractivity contribution is 7.13. The van der Waals surface area contributed by atoms with Crippen molar-refractivity contribution in [2.75, 3.05) is 18.6 Å². The molecule has 0 saturated carbocycles. The van der Waals surface area contributed by atoms with Gasteiger partial charge < -0.3 is 9.64 Å². The van der Waals surface area contributed by atoms with E-state index in [9.17, 15) is 0 Å². The number of thiophene rings is 1. The van der Waals surface area contributed by atoms with Crippen LogP contribution in [0, 0.1) is 6.92 Å². The smallest absolute Gasteiger partial charge is 0.171 e. The lowest BCUT2D eigenvalue weighted by atomic mass is 10.1. The molecule has 0 unspecified atom stereocenters. The average molecular weight is 353 g/mol. The maximum absolute atomic E-state index is 5.12. The largest absolute Gasteiger partial charge is 0.377 e. The van der Waals surface area contributed by atoms with Gasteiger partial charge in [-0.15, -0.1) is 11.3 Å². The fourth-order valence-corrected chi connectivity index (χ4v) is 3.64. The Bertz CT molecular complexity index is 881. The number of anilines is 1. The van der Waals surface area contributed by atoms with Gasteiger partial charge in [0.25, 0.3) is 0 Å². The Hall–Kier alpha value is -2.38. The topological polar surface area (TPSA) is 64.0 Å². The minimum absolute atomic E-state index is 0.451. The second-order valence-corrected chi connectivity index (χ2v) is 6.98. The molecule has 0 spiro atoms. The number of ether oxygens (including phenoxy) is 1. The molecule has 0 fully saturated rings. The second-order valence-electron chi connectivity index (χ2n) is 6.03. The first kappa shape index (κ1) is 16.1. The number of hydrogen-bond acceptors (Lipinski definition) is 7. The van der Waals surface area contributed by atoms with Crippen LogP contribution in [0.1, 0.15) is 22.8 Å². The van der Waals surface area contributed by atoms with Gasteiger partial charge in [-0.05, 0) is 18.4 Å². The van der Waals surface area contributed by atoms with Crippen LogP contribution in [0.25, 0.3) is 10.7 Å². The summed E-state index contributed by atoms with van der Waals surface area (Å²) in [6.45, 7) is 4.12. The van der Waals surface area contributed by atoms with Gasteiger partial charge in [0.05, 0.1) is 10.6 Å². The predicted octanol–water partition coefficient (Wildman–Crippen LogP) is 3.01. The first-order valence-electron chi connectivity index (χ1n) is 8.20. The lowest BCUT2D eigenvalue weighted by molar-refractivity contribution is 0.177. The Morgan fingerprint density at radius 2 is 2.20 bits per heavy atom. The van der Waals surface area contributed by atoms with E-state index in [-0.39, 0.29) is 0 Å². The quantitative estimate of drug-likeness (QED) is 0.718. The number of rotatable bonds is 4. The summed E-state index contributed by atoms with van der Waals surface area (Å²) in [4.78, 5) is 21.7. The first-order valence-corrected chi connectivity index (χ1v) is 9.08. The summed E-state index contributed by atoms with van der Waals surface area (Å²) in [6, 6.07) is 6.12. The molecule has 25 heavy (non-hydrogen) atoms. The first-order chi connectivity index (χ1) is 12.2. The van der Waals surface area contributed by atoms with Crippen molar-refractivity contribution in [2.45, 2.75) is 26.5 Å². The third kappa shape index (κ3) is 3.38. The van der Waals surface area contributed by atoms with Gasteiger partial charge in [-0.25, -0.2) is 19.9 Å². The second kappa shape index (κ2) is 6.85. The molecule has 128 valence electrons. The summed E-state index contributed by atoms with van der Waals surface area (Å²) in [5.74, 6) is 2.50. The van der Waals surface area contributed by atoms with Gasteiger partial charge in [0.2, 0.25) is 0 Å². The highest BCUT2D eigenvalue weighted by Crippen LogP contribution is 2.26. The van der Waals surface area contributed by atoms with Gasteiger partial charge in [-0.1, -0.05) is 6.07 Å². The van der Waals surface area contributed by atoms with Gasteiger partial charge in [-0.3, -0.25) is 0 Å². The van der Waals surface area contributed by atoms with Crippen molar-refractivity contribution in [3.05, 3.63) is 52.6 Å². The maximum atomic E-state index is 5.12. The molecule has 3 aromatic heterocycles. The zero-order valence-electron chi connectivity index (χ0n) is 14.3. The summed E-state index contributed by atoms with van der Waals surface area (Å²) >= 11 is 1.66. The fourth-order valence-electron chi connectivity index (χ4n) is 2.98. The van der Waals surface area contributed by atoms with Crippen molar-refractivity contribution in [1.29, 1.82) is 0 Å². The molecule has 7 heteroatoms. The van der Waals surface area contributed by atoms with E-state index >= 15 is 0 Å². The van der Waals surface area contributed by atoms with E-state index in [2.05, 4.69) is 25.9 Å². The summed E-state index contributed by atoms with van der Waals surface area (Å²) in [5.41, 5.74) is 3.24. The van der Waals surface area contributed by atoms with Crippen molar-refractivity contribution in [2.24, 2.45) is 0 Å². The summed E-state index contributed by atoms with van der Waals surface area (Å²) in [6.07, 6.45) is 2.79. The van der Waals surface area contributed by atoms with Crippen LogP contribution in [0.5, 0.6) is 0 Å². The summed E-state index contributed by atoms with van der Waals surface area (Å²) < 4.78 is 5.12. The average Bonchev–Trinajstić information content (AvgIpc) is 3.16. The third-order valence-corrected chi connectivity index (χ3v) is 5.03. The zero-order valence-corrected chi connectivity index (χ0v) is 15.1. The molecule has 4 rings (SSSR count). The minimum Gasteiger partial charge on any atom is -0.377 e. The van der Waals surface area contributed by atoms with E-state index < -0.39 is 0 Å². The molecule has 0 amide bonds. The van der Waals surface area contributed by atoms with Gasteiger partial charge in [0, 0.05) is 50.1 Å². The standard InChI is InChI=1S/C18H19N5OS/c1-12-8-17(22-18(20-12)15-4-3-7-25-15)23-6-5-14-13(10-23)9-19-16(21-14)11-24-2/h3-4,7-9H,5-6,10-11H2,1-2H3. The minimum atomic E-state index is 0.451. The van der Waals surface area contributed by atoms with Crippen LogP contribution in [0.4, 0.5) is 5.82 Å². The summed E-state index contributed by atoms with van der Waals surface area (Å²) in [5, 5.41) is 2.05. The lowest BCUT2D eigenvalue weighted by Crippen LogP contribution is -2.32. The van der Waals surface area contributed by atoms with Crippen LogP contribution < -0.4 is 4.90 Å². The molecule has 0 aromatic carbocycles. The molecule has 1 aliphatic heterocycles. The molecule has 0 bridgehead atoms. The molecule has 1 aliphatic rings. The van der Waals surface area contributed by atoms with E-state index in [0.29, 0.717) is 6.61 Å². The zero-order chi connectivity index (χ0) is 17.2. The van der Waals surface area contributed by atoms with Crippen molar-refractivity contribution in [1.82, 2.24) is 19.9 Å². The van der Waals surface area contributed by atoms with E-state index in [4.69, 9.17) is 9.72 Å². The Labute approximate surface area is 150 Å². The van der Waals surface area contributed by atoms with Crippen LogP contribution >= 0.6 is 11.3 Å². The Balaban J connectivity index is 1.61. The molecular formula is C18H19N5OS. The number of aromatic nitrogens is 4. The van der Waals surface area contributed by atoms with E-state index in [1.165, 1.54) is 0 Å². The number of nitrogens with zero attached hydrogens (tertiary/aromatic N) is 5. The number of fused-ring (bicyclic) bond motifs is 1. The molecule has 3 aromatic rings. The Morgan fingerprint density at radius 1 is 1.28 bits per heavy atom. The predicted molar refractivity (Wildman–Crippen MR) is 97.6 cm³/mol. The number of hydrogen-bond donors (Lipinski definition) is 0.